The van der Waals surface area contributed by atoms with Gasteiger partial charge in [0.05, 0.1) is 23.8 Å². The highest BCUT2D eigenvalue weighted by molar-refractivity contribution is 5.76. The molecule has 0 aliphatic carbocycles. The van der Waals surface area contributed by atoms with Gasteiger partial charge < -0.3 is 10.5 Å². The molecule has 0 amide bonds. The Hall–Kier alpha value is -1.72. The molecule has 1 saturated heterocycles. The quantitative estimate of drug-likeness (QED) is 0.883. The molecular formula is C14H17N3O2. The maximum Gasteiger partial charge on any atom is 0.261 e. The number of benzene rings is 1. The molecule has 3 rings (SSSR count). The van der Waals surface area contributed by atoms with Crippen LogP contribution in [0.2, 0.25) is 0 Å². The third-order valence-electron chi connectivity index (χ3n) is 3.71. The molecule has 0 bridgehead atoms. The van der Waals surface area contributed by atoms with Crippen molar-refractivity contribution < 1.29 is 4.74 Å². The van der Waals surface area contributed by atoms with Crippen molar-refractivity contribution in [1.82, 2.24) is 9.55 Å². The molecule has 5 nitrogen and oxygen atoms in total. The number of rotatable bonds is 3. The van der Waals surface area contributed by atoms with Gasteiger partial charge in [0.1, 0.15) is 0 Å². The zero-order valence-corrected chi connectivity index (χ0v) is 10.7. The molecule has 2 atom stereocenters. The van der Waals surface area contributed by atoms with Crippen LogP contribution in [0.1, 0.15) is 6.42 Å². The molecule has 1 aliphatic heterocycles. The Labute approximate surface area is 111 Å². The fourth-order valence-corrected chi connectivity index (χ4v) is 2.50. The molecule has 19 heavy (non-hydrogen) atoms. The van der Waals surface area contributed by atoms with Crippen LogP contribution in [0.3, 0.4) is 0 Å². The normalized spacial score (nSPS) is 20.8. The van der Waals surface area contributed by atoms with Crippen LogP contribution in [0.15, 0.2) is 35.4 Å². The number of hydrogen-bond acceptors (Lipinski definition) is 4. The van der Waals surface area contributed by atoms with Crippen LogP contribution in [0.25, 0.3) is 10.9 Å². The number of fused-ring (bicyclic) bond motifs is 1. The maximum atomic E-state index is 12.3. The monoisotopic (exact) mass is 259 g/mol. The van der Waals surface area contributed by atoms with E-state index in [2.05, 4.69) is 4.98 Å². The molecule has 2 N–H and O–H groups in total. The van der Waals surface area contributed by atoms with E-state index in [1.54, 1.807) is 17.0 Å². The highest BCUT2D eigenvalue weighted by atomic mass is 16.5. The third kappa shape index (κ3) is 2.39. The van der Waals surface area contributed by atoms with Crippen LogP contribution < -0.4 is 11.3 Å². The van der Waals surface area contributed by atoms with E-state index in [0.29, 0.717) is 24.5 Å². The van der Waals surface area contributed by atoms with Crippen molar-refractivity contribution in [3.05, 3.63) is 40.9 Å². The van der Waals surface area contributed by atoms with E-state index in [1.165, 1.54) is 0 Å². The molecule has 0 radical (unpaired) electrons. The Morgan fingerprint density at radius 1 is 1.47 bits per heavy atom. The average Bonchev–Trinajstić information content (AvgIpc) is 2.96. The van der Waals surface area contributed by atoms with Crippen LogP contribution in [-0.2, 0) is 11.3 Å². The summed E-state index contributed by atoms with van der Waals surface area (Å²) in [7, 11) is 0. The topological polar surface area (TPSA) is 70.1 Å². The van der Waals surface area contributed by atoms with Gasteiger partial charge in [0.15, 0.2) is 0 Å². The summed E-state index contributed by atoms with van der Waals surface area (Å²) in [4.78, 5) is 16.6. The molecule has 1 aromatic carbocycles. The van der Waals surface area contributed by atoms with Crippen LogP contribution >= 0.6 is 0 Å². The molecule has 1 aromatic heterocycles. The van der Waals surface area contributed by atoms with Gasteiger partial charge in [0, 0.05) is 25.1 Å². The van der Waals surface area contributed by atoms with Gasteiger partial charge >= 0.3 is 0 Å². The fourth-order valence-electron chi connectivity index (χ4n) is 2.50. The lowest BCUT2D eigenvalue weighted by atomic mass is 10.00. The largest absolute Gasteiger partial charge is 0.381 e. The summed E-state index contributed by atoms with van der Waals surface area (Å²) in [5.41, 5.74) is 6.85. The van der Waals surface area contributed by atoms with Gasteiger partial charge in [-0.25, -0.2) is 4.98 Å². The minimum atomic E-state index is -0.0665. The predicted octanol–water partition coefficient (Wildman–Crippen LogP) is 0.760. The van der Waals surface area contributed by atoms with Crippen molar-refractivity contribution in [1.29, 1.82) is 0 Å². The van der Waals surface area contributed by atoms with Crippen LogP contribution in [0.5, 0.6) is 0 Å². The Morgan fingerprint density at radius 2 is 2.32 bits per heavy atom. The summed E-state index contributed by atoms with van der Waals surface area (Å²) in [6, 6.07) is 7.29. The fraction of sp³-hybridized carbons (Fsp3) is 0.429. The summed E-state index contributed by atoms with van der Waals surface area (Å²) in [6.45, 7) is 1.95. The second kappa shape index (κ2) is 5.11. The molecular weight excluding hydrogens is 242 g/mol. The zero-order chi connectivity index (χ0) is 13.2. The van der Waals surface area contributed by atoms with Gasteiger partial charge in [-0.2, -0.15) is 0 Å². The molecule has 0 spiro atoms. The summed E-state index contributed by atoms with van der Waals surface area (Å²) in [6.07, 6.45) is 2.55. The van der Waals surface area contributed by atoms with Gasteiger partial charge in [0.25, 0.3) is 5.56 Å². The van der Waals surface area contributed by atoms with E-state index in [4.69, 9.17) is 10.5 Å². The molecule has 2 aromatic rings. The van der Waals surface area contributed by atoms with Gasteiger partial charge in [-0.05, 0) is 18.6 Å². The highest BCUT2D eigenvalue weighted by Crippen LogP contribution is 2.16. The maximum absolute atomic E-state index is 12.3. The standard InChI is InChI=1S/C14H17N3O2/c15-12(10-5-6-19-8-10)7-17-9-16-13-4-2-1-3-11(13)14(17)18/h1-4,9-10,12H,5-8,15H2. The smallest absolute Gasteiger partial charge is 0.261 e. The molecule has 0 saturated carbocycles. The molecule has 100 valence electrons. The van der Waals surface area contributed by atoms with Crippen LogP contribution in [0.4, 0.5) is 0 Å². The average molecular weight is 259 g/mol. The summed E-state index contributed by atoms with van der Waals surface area (Å²) >= 11 is 0. The van der Waals surface area contributed by atoms with Gasteiger partial charge in [0.2, 0.25) is 0 Å². The van der Waals surface area contributed by atoms with Crippen LogP contribution in [0, 0.1) is 5.92 Å². The molecule has 1 aliphatic rings. The second-order valence-electron chi connectivity index (χ2n) is 5.01. The Bertz CT molecular complexity index is 632. The third-order valence-corrected chi connectivity index (χ3v) is 3.71. The van der Waals surface area contributed by atoms with E-state index in [-0.39, 0.29) is 11.6 Å². The zero-order valence-electron chi connectivity index (χ0n) is 10.7. The lowest BCUT2D eigenvalue weighted by molar-refractivity contribution is 0.178. The van der Waals surface area contributed by atoms with E-state index in [1.807, 2.05) is 18.2 Å². The molecule has 5 heteroatoms. The Kier molecular flexibility index (Phi) is 3.31. The Morgan fingerprint density at radius 3 is 3.11 bits per heavy atom. The lowest BCUT2D eigenvalue weighted by Crippen LogP contribution is -2.38. The number of nitrogens with zero attached hydrogens (tertiary/aromatic N) is 2. The van der Waals surface area contributed by atoms with E-state index in [9.17, 15) is 4.79 Å². The van der Waals surface area contributed by atoms with Crippen molar-refractivity contribution in [2.45, 2.75) is 19.0 Å². The van der Waals surface area contributed by atoms with Crippen molar-refractivity contribution in [2.24, 2.45) is 11.7 Å². The van der Waals surface area contributed by atoms with Gasteiger partial charge in [-0.15, -0.1) is 0 Å². The second-order valence-corrected chi connectivity index (χ2v) is 5.01. The minimum Gasteiger partial charge on any atom is -0.381 e. The van der Waals surface area contributed by atoms with Gasteiger partial charge in [-0.1, -0.05) is 12.1 Å². The van der Waals surface area contributed by atoms with Crippen LogP contribution in [-0.4, -0.2) is 28.8 Å². The molecule has 2 unspecified atom stereocenters. The number of aromatic nitrogens is 2. The van der Waals surface area contributed by atoms with Crippen molar-refractivity contribution >= 4 is 10.9 Å². The number of hydrogen-bond donors (Lipinski definition) is 1. The predicted molar refractivity (Wildman–Crippen MR) is 72.9 cm³/mol. The lowest BCUT2D eigenvalue weighted by Gasteiger charge is -2.18. The SMILES string of the molecule is NC(Cn1cnc2ccccc2c1=O)C1CCOC1. The van der Waals surface area contributed by atoms with E-state index >= 15 is 0 Å². The number of para-hydroxylation sites is 1. The summed E-state index contributed by atoms with van der Waals surface area (Å²) < 4.78 is 6.94. The number of nitrogens with two attached hydrogens (primary N) is 1. The van der Waals surface area contributed by atoms with Crippen molar-refractivity contribution in [3.8, 4) is 0 Å². The molecule has 1 fully saturated rings. The highest BCUT2D eigenvalue weighted by Gasteiger charge is 2.23. The Balaban J connectivity index is 1.88. The van der Waals surface area contributed by atoms with Crippen molar-refractivity contribution in [2.75, 3.05) is 13.2 Å². The van der Waals surface area contributed by atoms with E-state index < -0.39 is 0 Å². The number of ether oxygens (including phenoxy) is 1. The first-order valence-corrected chi connectivity index (χ1v) is 6.53. The van der Waals surface area contributed by atoms with E-state index in [0.717, 1.165) is 18.5 Å². The first kappa shape index (κ1) is 12.3. The first-order valence-electron chi connectivity index (χ1n) is 6.53. The summed E-state index contributed by atoms with van der Waals surface area (Å²) in [5, 5.41) is 0.639. The van der Waals surface area contributed by atoms with Crippen molar-refractivity contribution in [3.63, 3.8) is 0 Å². The van der Waals surface area contributed by atoms with Gasteiger partial charge in [-0.3, -0.25) is 9.36 Å². The first-order chi connectivity index (χ1) is 9.25. The molecule has 2 heterocycles. The minimum absolute atomic E-state index is 0.0278. The summed E-state index contributed by atoms with van der Waals surface area (Å²) in [5.74, 6) is 0.332.